The monoisotopic (exact) mass is 303 g/mol. The Hall–Kier alpha value is -1.02. The Bertz CT molecular complexity index is 412. The third-order valence-electron chi connectivity index (χ3n) is 4.56. The zero-order chi connectivity index (χ0) is 15.8. The van der Waals surface area contributed by atoms with Crippen molar-refractivity contribution in [2.24, 2.45) is 0 Å². The van der Waals surface area contributed by atoms with E-state index in [2.05, 4.69) is 49.9 Å². The van der Waals surface area contributed by atoms with Crippen LogP contribution in [0.15, 0.2) is 24.3 Å². The SMILES string of the molecule is CC(C)(C)c1ccc(OCCCCCN2CCCCC2)cc1. The number of benzene rings is 1. The number of nitrogens with zero attached hydrogens (tertiary/aromatic N) is 1. The minimum Gasteiger partial charge on any atom is -0.494 e. The van der Waals surface area contributed by atoms with E-state index in [4.69, 9.17) is 4.74 Å². The van der Waals surface area contributed by atoms with Gasteiger partial charge in [-0.2, -0.15) is 0 Å². The summed E-state index contributed by atoms with van der Waals surface area (Å²) in [7, 11) is 0. The van der Waals surface area contributed by atoms with Crippen LogP contribution in [-0.4, -0.2) is 31.1 Å². The predicted octanol–water partition coefficient (Wildman–Crippen LogP) is 5.02. The molecule has 0 radical (unpaired) electrons. The Morgan fingerprint density at radius 1 is 0.909 bits per heavy atom. The first-order chi connectivity index (χ1) is 10.6. The molecule has 2 heteroatoms. The number of hydrogen-bond acceptors (Lipinski definition) is 2. The third-order valence-corrected chi connectivity index (χ3v) is 4.56. The Labute approximate surface area is 136 Å². The summed E-state index contributed by atoms with van der Waals surface area (Å²) in [5.74, 6) is 1.00. The lowest BCUT2D eigenvalue weighted by Gasteiger charge is -2.26. The van der Waals surface area contributed by atoms with Gasteiger partial charge in [-0.25, -0.2) is 0 Å². The molecule has 2 rings (SSSR count). The molecule has 22 heavy (non-hydrogen) atoms. The smallest absolute Gasteiger partial charge is 0.119 e. The summed E-state index contributed by atoms with van der Waals surface area (Å²) in [6.07, 6.45) is 7.97. The summed E-state index contributed by atoms with van der Waals surface area (Å²) in [6, 6.07) is 8.58. The highest BCUT2D eigenvalue weighted by molar-refractivity contribution is 5.31. The fourth-order valence-corrected chi connectivity index (χ4v) is 3.04. The highest BCUT2D eigenvalue weighted by Crippen LogP contribution is 2.24. The summed E-state index contributed by atoms with van der Waals surface area (Å²) in [5, 5.41) is 0. The van der Waals surface area contributed by atoms with Crippen LogP contribution in [0.2, 0.25) is 0 Å². The molecule has 0 aromatic heterocycles. The lowest BCUT2D eigenvalue weighted by Crippen LogP contribution is -2.30. The topological polar surface area (TPSA) is 12.5 Å². The van der Waals surface area contributed by atoms with Gasteiger partial charge in [-0.15, -0.1) is 0 Å². The maximum Gasteiger partial charge on any atom is 0.119 e. The Morgan fingerprint density at radius 3 is 2.23 bits per heavy atom. The van der Waals surface area contributed by atoms with Crippen LogP contribution >= 0.6 is 0 Å². The van der Waals surface area contributed by atoms with Gasteiger partial charge in [0.05, 0.1) is 6.61 Å². The zero-order valence-electron chi connectivity index (χ0n) is 14.7. The summed E-state index contributed by atoms with van der Waals surface area (Å²) < 4.78 is 5.85. The molecule has 1 aliphatic heterocycles. The van der Waals surface area contributed by atoms with Gasteiger partial charge in [0, 0.05) is 0 Å². The van der Waals surface area contributed by atoms with Crippen molar-refractivity contribution in [2.45, 2.75) is 64.7 Å². The molecule has 0 amide bonds. The van der Waals surface area contributed by atoms with Gasteiger partial charge in [-0.3, -0.25) is 0 Å². The average Bonchev–Trinajstić information content (AvgIpc) is 2.51. The van der Waals surface area contributed by atoms with Crippen molar-refractivity contribution in [2.75, 3.05) is 26.2 Å². The molecule has 0 aliphatic carbocycles. The summed E-state index contributed by atoms with van der Waals surface area (Å²) in [4.78, 5) is 2.62. The highest BCUT2D eigenvalue weighted by atomic mass is 16.5. The first-order valence-electron chi connectivity index (χ1n) is 9.01. The molecule has 1 aromatic carbocycles. The molecule has 0 bridgehead atoms. The van der Waals surface area contributed by atoms with Gasteiger partial charge in [0.25, 0.3) is 0 Å². The van der Waals surface area contributed by atoms with Crippen molar-refractivity contribution in [1.82, 2.24) is 4.90 Å². The molecule has 1 aromatic rings. The van der Waals surface area contributed by atoms with E-state index in [1.807, 2.05) is 0 Å². The largest absolute Gasteiger partial charge is 0.494 e. The number of likely N-dealkylation sites (tertiary alicyclic amines) is 1. The van der Waals surface area contributed by atoms with Crippen LogP contribution in [-0.2, 0) is 5.41 Å². The van der Waals surface area contributed by atoms with E-state index in [0.29, 0.717) is 0 Å². The van der Waals surface area contributed by atoms with Crippen molar-refractivity contribution < 1.29 is 4.74 Å². The third kappa shape index (κ3) is 6.00. The second kappa shape index (κ2) is 8.57. The first-order valence-corrected chi connectivity index (χ1v) is 9.01. The number of rotatable bonds is 7. The van der Waals surface area contributed by atoms with Crippen LogP contribution in [0.3, 0.4) is 0 Å². The molecule has 0 atom stereocenters. The van der Waals surface area contributed by atoms with Crippen LogP contribution in [0, 0.1) is 0 Å². The average molecular weight is 303 g/mol. The molecular formula is C20H33NO. The quantitative estimate of drug-likeness (QED) is 0.656. The van der Waals surface area contributed by atoms with Crippen molar-refractivity contribution >= 4 is 0 Å². The van der Waals surface area contributed by atoms with E-state index in [9.17, 15) is 0 Å². The second-order valence-electron chi connectivity index (χ2n) is 7.59. The summed E-state index contributed by atoms with van der Waals surface area (Å²) in [5.41, 5.74) is 1.58. The maximum atomic E-state index is 5.85. The zero-order valence-corrected chi connectivity index (χ0v) is 14.7. The number of piperidine rings is 1. The molecule has 1 heterocycles. The van der Waals surface area contributed by atoms with Gasteiger partial charge in [0.15, 0.2) is 0 Å². The van der Waals surface area contributed by atoms with Crippen LogP contribution in [0.4, 0.5) is 0 Å². The number of unbranched alkanes of at least 4 members (excludes halogenated alkanes) is 2. The fourth-order valence-electron chi connectivity index (χ4n) is 3.04. The summed E-state index contributed by atoms with van der Waals surface area (Å²) in [6.45, 7) is 11.5. The van der Waals surface area contributed by atoms with E-state index < -0.39 is 0 Å². The van der Waals surface area contributed by atoms with Gasteiger partial charge in [-0.1, -0.05) is 39.3 Å². The van der Waals surface area contributed by atoms with Gasteiger partial charge in [0.1, 0.15) is 5.75 Å². The Kier molecular flexibility index (Phi) is 6.75. The van der Waals surface area contributed by atoms with Crippen molar-refractivity contribution in [1.29, 1.82) is 0 Å². The summed E-state index contributed by atoms with van der Waals surface area (Å²) >= 11 is 0. The molecule has 0 saturated carbocycles. The van der Waals surface area contributed by atoms with Crippen molar-refractivity contribution in [3.63, 3.8) is 0 Å². The molecular weight excluding hydrogens is 270 g/mol. The molecule has 2 nitrogen and oxygen atoms in total. The Balaban J connectivity index is 1.56. The van der Waals surface area contributed by atoms with Gasteiger partial charge >= 0.3 is 0 Å². The maximum absolute atomic E-state index is 5.85. The van der Waals surface area contributed by atoms with Crippen LogP contribution in [0.5, 0.6) is 5.75 Å². The molecule has 0 spiro atoms. The van der Waals surface area contributed by atoms with Crippen LogP contribution in [0.1, 0.15) is 64.9 Å². The van der Waals surface area contributed by atoms with Crippen LogP contribution < -0.4 is 4.74 Å². The van der Waals surface area contributed by atoms with E-state index in [1.165, 1.54) is 57.3 Å². The van der Waals surface area contributed by atoms with E-state index in [-0.39, 0.29) is 5.41 Å². The van der Waals surface area contributed by atoms with Gasteiger partial charge in [0.2, 0.25) is 0 Å². The molecule has 1 saturated heterocycles. The van der Waals surface area contributed by atoms with E-state index in [1.54, 1.807) is 0 Å². The van der Waals surface area contributed by atoms with Gasteiger partial charge < -0.3 is 9.64 Å². The molecule has 0 N–H and O–H groups in total. The van der Waals surface area contributed by atoms with Crippen molar-refractivity contribution in [3.8, 4) is 5.75 Å². The number of hydrogen-bond donors (Lipinski definition) is 0. The van der Waals surface area contributed by atoms with Gasteiger partial charge in [-0.05, 0) is 74.8 Å². The van der Waals surface area contributed by atoms with E-state index in [0.717, 1.165) is 18.8 Å². The lowest BCUT2D eigenvalue weighted by atomic mass is 9.87. The number of ether oxygens (including phenoxy) is 1. The van der Waals surface area contributed by atoms with Crippen molar-refractivity contribution in [3.05, 3.63) is 29.8 Å². The second-order valence-corrected chi connectivity index (χ2v) is 7.59. The molecule has 1 fully saturated rings. The predicted molar refractivity (Wildman–Crippen MR) is 94.8 cm³/mol. The minimum absolute atomic E-state index is 0.215. The first kappa shape index (κ1) is 17.3. The Morgan fingerprint density at radius 2 is 1.59 bits per heavy atom. The lowest BCUT2D eigenvalue weighted by molar-refractivity contribution is 0.221. The minimum atomic E-state index is 0.215. The standard InChI is InChI=1S/C20H33NO/c1-20(2,3)18-10-12-19(13-11-18)22-17-9-5-8-16-21-14-6-4-7-15-21/h10-13H,4-9,14-17H2,1-3H3. The molecule has 0 unspecified atom stereocenters. The molecule has 124 valence electrons. The van der Waals surface area contributed by atoms with E-state index >= 15 is 0 Å². The van der Waals surface area contributed by atoms with Crippen LogP contribution in [0.25, 0.3) is 0 Å². The molecule has 1 aliphatic rings. The fraction of sp³-hybridized carbons (Fsp3) is 0.700. The highest BCUT2D eigenvalue weighted by Gasteiger charge is 2.13. The normalized spacial score (nSPS) is 16.7.